The fraction of sp³-hybridized carbons (Fsp3) is 0.200. The van der Waals surface area contributed by atoms with E-state index in [9.17, 15) is 0 Å². The van der Waals surface area contributed by atoms with Crippen LogP contribution in [0, 0.1) is 6.92 Å². The van der Waals surface area contributed by atoms with Crippen LogP contribution in [0.1, 0.15) is 16.7 Å². The van der Waals surface area contributed by atoms with E-state index in [1.54, 1.807) is 6.20 Å². The Hall–Kier alpha value is -1.94. The lowest BCUT2D eigenvalue weighted by Gasteiger charge is -2.20. The molecule has 2 aromatic rings. The molecule has 2 N–H and O–H groups in total. The summed E-state index contributed by atoms with van der Waals surface area (Å²) in [6, 6.07) is 12.2. The normalized spacial score (nSPS) is 10.2. The maximum atomic E-state index is 5.73. The third-order valence-electron chi connectivity index (χ3n) is 2.95. The summed E-state index contributed by atoms with van der Waals surface area (Å²) < 4.78 is 0. The fourth-order valence-corrected chi connectivity index (χ4v) is 2.10. The summed E-state index contributed by atoms with van der Waals surface area (Å²) in [5, 5.41) is 0. The van der Waals surface area contributed by atoms with E-state index in [0.717, 1.165) is 17.9 Å². The second kappa shape index (κ2) is 5.80. The molecule has 0 unspecified atom stereocenters. The van der Waals surface area contributed by atoms with Crippen molar-refractivity contribution in [2.45, 2.75) is 13.5 Å². The molecule has 0 amide bonds. The molecule has 1 heterocycles. The second-order valence-electron chi connectivity index (χ2n) is 4.58. The Labute approximate surface area is 119 Å². The molecule has 0 atom stereocenters. The van der Waals surface area contributed by atoms with Gasteiger partial charge in [-0.2, -0.15) is 0 Å². The summed E-state index contributed by atoms with van der Waals surface area (Å²) in [6.45, 7) is 2.85. The van der Waals surface area contributed by atoms with Crippen molar-refractivity contribution in [1.82, 2.24) is 4.98 Å². The predicted octanol–water partition coefficient (Wildman–Crippen LogP) is 2.66. The van der Waals surface area contributed by atoms with E-state index in [2.05, 4.69) is 41.1 Å². The number of rotatable bonds is 4. The Balaban J connectivity index is 2.22. The average molecular weight is 271 g/mol. The summed E-state index contributed by atoms with van der Waals surface area (Å²) in [5.41, 5.74) is 9.03. The summed E-state index contributed by atoms with van der Waals surface area (Å²) >= 11 is 5.06. The highest BCUT2D eigenvalue weighted by Gasteiger charge is 2.10. The molecule has 98 valence electrons. The second-order valence-corrected chi connectivity index (χ2v) is 5.02. The van der Waals surface area contributed by atoms with Gasteiger partial charge in [0.2, 0.25) is 0 Å². The van der Waals surface area contributed by atoms with Gasteiger partial charge in [0.25, 0.3) is 0 Å². The SMILES string of the molecule is Cc1ccc(CN(C)c2ncccc2C(N)=S)cc1. The van der Waals surface area contributed by atoms with Gasteiger partial charge in [-0.15, -0.1) is 0 Å². The van der Waals surface area contributed by atoms with Crippen molar-refractivity contribution >= 4 is 23.0 Å². The molecule has 0 spiro atoms. The number of nitrogens with zero attached hydrogens (tertiary/aromatic N) is 2. The van der Waals surface area contributed by atoms with Crippen molar-refractivity contribution in [3.63, 3.8) is 0 Å². The van der Waals surface area contributed by atoms with Gasteiger partial charge < -0.3 is 10.6 Å². The highest BCUT2D eigenvalue weighted by Crippen LogP contribution is 2.18. The summed E-state index contributed by atoms with van der Waals surface area (Å²) in [6.07, 6.45) is 1.75. The van der Waals surface area contributed by atoms with Crippen molar-refractivity contribution in [1.29, 1.82) is 0 Å². The van der Waals surface area contributed by atoms with Crippen LogP contribution in [0.25, 0.3) is 0 Å². The molecule has 19 heavy (non-hydrogen) atoms. The first kappa shape index (κ1) is 13.5. The first-order chi connectivity index (χ1) is 9.08. The van der Waals surface area contributed by atoms with Gasteiger partial charge in [-0.25, -0.2) is 4.98 Å². The van der Waals surface area contributed by atoms with Gasteiger partial charge >= 0.3 is 0 Å². The van der Waals surface area contributed by atoms with E-state index in [4.69, 9.17) is 18.0 Å². The molecule has 3 nitrogen and oxygen atoms in total. The van der Waals surface area contributed by atoms with Crippen molar-refractivity contribution < 1.29 is 0 Å². The molecule has 0 fully saturated rings. The Bertz CT molecular complexity index is 578. The van der Waals surface area contributed by atoms with Gasteiger partial charge in [0.05, 0.1) is 5.56 Å². The average Bonchev–Trinajstić information content (AvgIpc) is 2.41. The molecule has 2 rings (SSSR count). The Morgan fingerprint density at radius 2 is 1.95 bits per heavy atom. The van der Waals surface area contributed by atoms with Crippen molar-refractivity contribution in [3.8, 4) is 0 Å². The van der Waals surface area contributed by atoms with Crippen LogP contribution in [0.5, 0.6) is 0 Å². The van der Waals surface area contributed by atoms with Crippen LogP contribution in [-0.2, 0) is 6.54 Å². The van der Waals surface area contributed by atoms with Gasteiger partial charge in [-0.05, 0) is 24.6 Å². The van der Waals surface area contributed by atoms with Crippen LogP contribution in [-0.4, -0.2) is 17.0 Å². The summed E-state index contributed by atoms with van der Waals surface area (Å²) in [5.74, 6) is 0.815. The van der Waals surface area contributed by atoms with Crippen LogP contribution in [0.2, 0.25) is 0 Å². The standard InChI is InChI=1S/C15H17N3S/c1-11-5-7-12(8-6-11)10-18(2)15-13(14(16)19)4-3-9-17-15/h3-9H,10H2,1-2H3,(H2,16,19). The van der Waals surface area contributed by atoms with Gasteiger partial charge in [0.1, 0.15) is 10.8 Å². The molecule has 1 aromatic heterocycles. The number of nitrogens with two attached hydrogens (primary N) is 1. The van der Waals surface area contributed by atoms with Crippen LogP contribution in [0.15, 0.2) is 42.6 Å². The molecule has 0 aliphatic carbocycles. The number of thiocarbonyl (C=S) groups is 1. The molecule has 0 radical (unpaired) electrons. The first-order valence-corrected chi connectivity index (χ1v) is 6.50. The molecular formula is C15H17N3S. The molecule has 1 aromatic carbocycles. The number of benzene rings is 1. The fourth-order valence-electron chi connectivity index (χ4n) is 1.94. The summed E-state index contributed by atoms with van der Waals surface area (Å²) in [7, 11) is 1.99. The molecule has 0 bridgehead atoms. The van der Waals surface area contributed by atoms with E-state index in [1.165, 1.54) is 11.1 Å². The Kier molecular flexibility index (Phi) is 4.12. The molecule has 0 aliphatic rings. The van der Waals surface area contributed by atoms with E-state index < -0.39 is 0 Å². The number of aryl methyl sites for hydroxylation is 1. The molecule has 0 aliphatic heterocycles. The van der Waals surface area contributed by atoms with E-state index in [0.29, 0.717) is 4.99 Å². The smallest absolute Gasteiger partial charge is 0.138 e. The number of aromatic nitrogens is 1. The molecule has 4 heteroatoms. The number of anilines is 1. The predicted molar refractivity (Wildman–Crippen MR) is 83.4 cm³/mol. The van der Waals surface area contributed by atoms with Crippen LogP contribution in [0.3, 0.4) is 0 Å². The largest absolute Gasteiger partial charge is 0.389 e. The maximum absolute atomic E-state index is 5.73. The zero-order chi connectivity index (χ0) is 13.8. The number of pyridine rings is 1. The van der Waals surface area contributed by atoms with Crippen molar-refractivity contribution in [2.75, 3.05) is 11.9 Å². The summed E-state index contributed by atoms with van der Waals surface area (Å²) in [4.78, 5) is 6.80. The van der Waals surface area contributed by atoms with Crippen molar-refractivity contribution in [2.24, 2.45) is 5.73 Å². The molecule has 0 saturated carbocycles. The van der Waals surface area contributed by atoms with Gasteiger partial charge in [-0.1, -0.05) is 42.0 Å². The quantitative estimate of drug-likeness (QED) is 0.868. The third-order valence-corrected chi connectivity index (χ3v) is 3.17. The first-order valence-electron chi connectivity index (χ1n) is 6.09. The third kappa shape index (κ3) is 3.29. The minimum Gasteiger partial charge on any atom is -0.389 e. The van der Waals surface area contributed by atoms with Crippen LogP contribution < -0.4 is 10.6 Å². The minimum atomic E-state index is 0.374. The van der Waals surface area contributed by atoms with Crippen molar-refractivity contribution in [3.05, 3.63) is 59.3 Å². The zero-order valence-corrected chi connectivity index (χ0v) is 11.9. The number of hydrogen-bond acceptors (Lipinski definition) is 3. The lowest BCUT2D eigenvalue weighted by atomic mass is 10.1. The van der Waals surface area contributed by atoms with Gasteiger partial charge in [0, 0.05) is 19.8 Å². The Morgan fingerprint density at radius 1 is 1.26 bits per heavy atom. The highest BCUT2D eigenvalue weighted by atomic mass is 32.1. The molecular weight excluding hydrogens is 254 g/mol. The monoisotopic (exact) mass is 271 g/mol. The van der Waals surface area contributed by atoms with E-state index >= 15 is 0 Å². The van der Waals surface area contributed by atoms with Gasteiger partial charge in [-0.3, -0.25) is 0 Å². The van der Waals surface area contributed by atoms with E-state index in [-0.39, 0.29) is 0 Å². The Morgan fingerprint density at radius 3 is 2.58 bits per heavy atom. The number of hydrogen-bond donors (Lipinski definition) is 1. The topological polar surface area (TPSA) is 42.2 Å². The molecule has 0 saturated heterocycles. The lowest BCUT2D eigenvalue weighted by Crippen LogP contribution is -2.22. The maximum Gasteiger partial charge on any atom is 0.138 e. The van der Waals surface area contributed by atoms with Gasteiger partial charge in [0.15, 0.2) is 0 Å². The highest BCUT2D eigenvalue weighted by molar-refractivity contribution is 7.80. The van der Waals surface area contributed by atoms with Crippen LogP contribution in [0.4, 0.5) is 5.82 Å². The minimum absolute atomic E-state index is 0.374. The van der Waals surface area contributed by atoms with E-state index in [1.807, 2.05) is 19.2 Å². The lowest BCUT2D eigenvalue weighted by molar-refractivity contribution is 0.896. The van der Waals surface area contributed by atoms with Crippen LogP contribution >= 0.6 is 12.2 Å². The zero-order valence-electron chi connectivity index (χ0n) is 11.1.